The molecule has 3 N–H and O–H groups in total. The van der Waals surface area contributed by atoms with Gasteiger partial charge in [0.1, 0.15) is 5.75 Å². The lowest BCUT2D eigenvalue weighted by atomic mass is 10.2. The van der Waals surface area contributed by atoms with Crippen LogP contribution in [-0.2, 0) is 10.0 Å². The molecular weight excluding hydrogens is 294 g/mol. The third kappa shape index (κ3) is 3.02. The predicted molar refractivity (Wildman–Crippen MR) is 77.7 cm³/mol. The fraction of sp³-hybridized carbons (Fsp3) is 0.462. The van der Waals surface area contributed by atoms with Crippen LogP contribution >= 0.6 is 0 Å². The zero-order valence-corrected chi connectivity index (χ0v) is 12.8. The van der Waals surface area contributed by atoms with Gasteiger partial charge in [-0.1, -0.05) is 0 Å². The maximum Gasteiger partial charge on any atom is 0.252 e. The number of primary amides is 1. The van der Waals surface area contributed by atoms with Crippen molar-refractivity contribution in [3.05, 3.63) is 23.8 Å². The molecule has 0 saturated carbocycles. The predicted octanol–water partition coefficient (Wildman–Crippen LogP) is -0.223. The Hall–Kier alpha value is -1.64. The minimum Gasteiger partial charge on any atom is -0.496 e. The summed E-state index contributed by atoms with van der Waals surface area (Å²) in [4.78, 5) is 11.5. The lowest BCUT2D eigenvalue weighted by Gasteiger charge is -2.32. The highest BCUT2D eigenvalue weighted by Gasteiger charge is 2.31. The van der Waals surface area contributed by atoms with Crippen LogP contribution in [0.5, 0.6) is 5.75 Å². The van der Waals surface area contributed by atoms with E-state index in [1.165, 1.54) is 29.6 Å². The van der Waals surface area contributed by atoms with Crippen LogP contribution in [0.25, 0.3) is 0 Å². The number of methoxy groups -OCH3 is 1. The third-order valence-electron chi connectivity index (χ3n) is 3.48. The molecule has 1 aliphatic heterocycles. The Morgan fingerprint density at radius 1 is 1.48 bits per heavy atom. The Labute approximate surface area is 124 Å². The van der Waals surface area contributed by atoms with Crippen molar-refractivity contribution in [1.82, 2.24) is 9.62 Å². The summed E-state index contributed by atoms with van der Waals surface area (Å²) in [6.07, 6.45) is 0. The summed E-state index contributed by atoms with van der Waals surface area (Å²) in [7, 11) is -2.27. The number of carbonyl (C=O) groups excluding carboxylic acids is 1. The summed E-state index contributed by atoms with van der Waals surface area (Å²) in [5, 5.41) is 3.14. The van der Waals surface area contributed by atoms with Gasteiger partial charge in [-0.3, -0.25) is 4.79 Å². The lowest BCUT2D eigenvalue weighted by Crippen LogP contribution is -2.52. The number of nitrogens with zero attached hydrogens (tertiary/aromatic N) is 1. The Morgan fingerprint density at radius 2 is 2.19 bits per heavy atom. The number of rotatable bonds is 4. The fourth-order valence-electron chi connectivity index (χ4n) is 2.35. The molecule has 8 heteroatoms. The summed E-state index contributed by atoms with van der Waals surface area (Å²) >= 11 is 0. The summed E-state index contributed by atoms with van der Waals surface area (Å²) in [5.74, 6) is -0.466. The number of hydrogen-bond donors (Lipinski definition) is 2. The molecular formula is C13H19N3O4S. The van der Waals surface area contributed by atoms with Crippen LogP contribution in [0, 0.1) is 0 Å². The second-order valence-corrected chi connectivity index (χ2v) is 6.79. The van der Waals surface area contributed by atoms with Crippen molar-refractivity contribution in [2.45, 2.75) is 17.9 Å². The van der Waals surface area contributed by atoms with E-state index >= 15 is 0 Å². The normalized spacial score (nSPS) is 20.2. The quantitative estimate of drug-likeness (QED) is 0.800. The molecule has 0 radical (unpaired) electrons. The highest BCUT2D eigenvalue weighted by molar-refractivity contribution is 7.89. The zero-order valence-electron chi connectivity index (χ0n) is 12.0. The first-order valence-corrected chi connectivity index (χ1v) is 8.02. The van der Waals surface area contributed by atoms with Gasteiger partial charge < -0.3 is 15.8 Å². The van der Waals surface area contributed by atoms with Crippen LogP contribution in [0.4, 0.5) is 0 Å². The zero-order chi connectivity index (χ0) is 15.6. The Kier molecular flexibility index (Phi) is 4.50. The van der Waals surface area contributed by atoms with Gasteiger partial charge in [0.05, 0.1) is 17.6 Å². The van der Waals surface area contributed by atoms with Crippen molar-refractivity contribution in [3.63, 3.8) is 0 Å². The minimum atomic E-state index is -3.66. The summed E-state index contributed by atoms with van der Waals surface area (Å²) in [6, 6.07) is 3.99. The highest BCUT2D eigenvalue weighted by atomic mass is 32.2. The minimum absolute atomic E-state index is 0.0471. The number of amides is 1. The number of benzene rings is 1. The van der Waals surface area contributed by atoms with Crippen LogP contribution in [-0.4, -0.2) is 51.4 Å². The van der Waals surface area contributed by atoms with E-state index in [2.05, 4.69) is 5.32 Å². The number of sulfonamides is 1. The first-order chi connectivity index (χ1) is 9.87. The molecule has 0 spiro atoms. The van der Waals surface area contributed by atoms with Crippen molar-refractivity contribution in [2.75, 3.05) is 26.7 Å². The molecule has 0 aromatic heterocycles. The molecule has 1 heterocycles. The smallest absolute Gasteiger partial charge is 0.252 e. The third-order valence-corrected chi connectivity index (χ3v) is 5.49. The van der Waals surface area contributed by atoms with Crippen LogP contribution in [0.15, 0.2) is 23.1 Å². The molecule has 0 aliphatic carbocycles. The first-order valence-electron chi connectivity index (χ1n) is 6.58. The number of ether oxygens (including phenoxy) is 1. The maximum atomic E-state index is 12.7. The van der Waals surface area contributed by atoms with Gasteiger partial charge in [0.15, 0.2) is 0 Å². The molecule has 7 nitrogen and oxygen atoms in total. The average Bonchev–Trinajstić information content (AvgIpc) is 2.46. The highest BCUT2D eigenvalue weighted by Crippen LogP contribution is 2.25. The van der Waals surface area contributed by atoms with Gasteiger partial charge >= 0.3 is 0 Å². The molecule has 1 aromatic carbocycles. The lowest BCUT2D eigenvalue weighted by molar-refractivity contribution is 0.0997. The summed E-state index contributed by atoms with van der Waals surface area (Å²) in [6.45, 7) is 3.42. The standard InChI is InChI=1S/C13H19N3O4S/c1-9-8-15-5-6-16(9)21(18,19)10-3-4-12(20-2)11(7-10)13(14)17/h3-4,7,9,15H,5-6,8H2,1-2H3,(H2,14,17)/t9-/m1/s1. The Bertz CT molecular complexity index is 645. The SMILES string of the molecule is COc1ccc(S(=O)(=O)N2CCNC[C@H]2C)cc1C(N)=O. The number of nitrogens with two attached hydrogens (primary N) is 1. The molecule has 2 rings (SSSR count). The molecule has 1 atom stereocenters. The van der Waals surface area contributed by atoms with Gasteiger partial charge in [-0.05, 0) is 25.1 Å². The second-order valence-electron chi connectivity index (χ2n) is 4.90. The van der Waals surface area contributed by atoms with Crippen molar-refractivity contribution < 1.29 is 17.9 Å². The summed E-state index contributed by atoms with van der Waals surface area (Å²) in [5.41, 5.74) is 5.33. The summed E-state index contributed by atoms with van der Waals surface area (Å²) < 4.78 is 31.8. The van der Waals surface area contributed by atoms with Crippen LogP contribution in [0.1, 0.15) is 17.3 Å². The maximum absolute atomic E-state index is 12.7. The largest absolute Gasteiger partial charge is 0.496 e. The van der Waals surface area contributed by atoms with E-state index in [0.717, 1.165) is 0 Å². The van der Waals surface area contributed by atoms with Crippen molar-refractivity contribution >= 4 is 15.9 Å². The molecule has 1 aromatic rings. The average molecular weight is 313 g/mol. The Morgan fingerprint density at radius 3 is 2.76 bits per heavy atom. The molecule has 1 fully saturated rings. The van der Waals surface area contributed by atoms with Crippen LogP contribution < -0.4 is 15.8 Å². The molecule has 1 amide bonds. The topological polar surface area (TPSA) is 102 Å². The van der Waals surface area contributed by atoms with Crippen molar-refractivity contribution in [3.8, 4) is 5.75 Å². The second kappa shape index (κ2) is 6.00. The number of nitrogens with one attached hydrogen (secondary N) is 1. The molecule has 21 heavy (non-hydrogen) atoms. The Balaban J connectivity index is 2.45. The van der Waals surface area contributed by atoms with Crippen LogP contribution in [0.3, 0.4) is 0 Å². The van der Waals surface area contributed by atoms with E-state index in [1.54, 1.807) is 0 Å². The fourth-order valence-corrected chi connectivity index (χ4v) is 4.01. The van der Waals surface area contributed by atoms with Gasteiger partial charge in [-0.2, -0.15) is 4.31 Å². The van der Waals surface area contributed by atoms with E-state index in [9.17, 15) is 13.2 Å². The molecule has 116 valence electrons. The van der Waals surface area contributed by atoms with Crippen molar-refractivity contribution in [2.24, 2.45) is 5.73 Å². The van der Waals surface area contributed by atoms with Crippen molar-refractivity contribution in [1.29, 1.82) is 0 Å². The monoisotopic (exact) mass is 313 g/mol. The molecule has 0 unspecified atom stereocenters. The van der Waals surface area contributed by atoms with Gasteiger partial charge in [0.2, 0.25) is 10.0 Å². The van der Waals surface area contributed by atoms with Gasteiger partial charge in [0.25, 0.3) is 5.91 Å². The number of carbonyl (C=O) groups is 1. The van der Waals surface area contributed by atoms with Crippen LogP contribution in [0.2, 0.25) is 0 Å². The van der Waals surface area contributed by atoms with E-state index < -0.39 is 15.9 Å². The molecule has 0 bridgehead atoms. The first kappa shape index (κ1) is 15.7. The molecule has 1 saturated heterocycles. The van der Waals surface area contributed by atoms with E-state index in [4.69, 9.17) is 10.5 Å². The molecule has 1 aliphatic rings. The van der Waals surface area contributed by atoms with E-state index in [-0.39, 0.29) is 22.3 Å². The van der Waals surface area contributed by atoms with Gasteiger partial charge in [0, 0.05) is 25.7 Å². The number of hydrogen-bond acceptors (Lipinski definition) is 5. The number of piperazine rings is 1. The van der Waals surface area contributed by atoms with E-state index in [1.807, 2.05) is 6.92 Å². The van der Waals surface area contributed by atoms with Gasteiger partial charge in [-0.15, -0.1) is 0 Å². The van der Waals surface area contributed by atoms with E-state index in [0.29, 0.717) is 19.6 Å². The van der Waals surface area contributed by atoms with Gasteiger partial charge in [-0.25, -0.2) is 8.42 Å².